The van der Waals surface area contributed by atoms with E-state index in [9.17, 15) is 9.18 Å². The average Bonchev–Trinajstić information content (AvgIpc) is 3.64. The molecule has 0 heterocycles. The zero-order valence-corrected chi connectivity index (χ0v) is 20.8. The molecule has 34 heavy (non-hydrogen) atoms. The summed E-state index contributed by atoms with van der Waals surface area (Å²) in [5.41, 5.74) is 3.90. The van der Waals surface area contributed by atoms with Crippen molar-refractivity contribution >= 4 is 26.1 Å². The quantitative estimate of drug-likeness (QED) is 0.171. The standard InChI is InChI=1S/C27H29F2O4P/c1-6-21(20-10-12-23(25(29)27(20)34)32-14-19-8-9-19)33-26-15(2)7-11-22(24(26)28)31-13-16(3)17(4)18(5)30/h7,10-12,16,19H,1,4,8-9,13-14,34H2,2-3,5H3/t16-/m0/s1. The van der Waals surface area contributed by atoms with Crippen LogP contribution in [0.4, 0.5) is 8.78 Å². The van der Waals surface area contributed by atoms with Crippen LogP contribution in [0.5, 0.6) is 17.2 Å². The average molecular weight is 486 g/mol. The number of rotatable bonds is 11. The van der Waals surface area contributed by atoms with Crippen LogP contribution in [0.1, 0.15) is 37.8 Å². The van der Waals surface area contributed by atoms with E-state index in [-0.39, 0.29) is 46.6 Å². The highest BCUT2D eigenvalue weighted by atomic mass is 31.0. The minimum atomic E-state index is -0.719. The normalized spacial score (nSPS) is 13.6. The summed E-state index contributed by atoms with van der Waals surface area (Å²) in [5.74, 6) is -1.09. The molecule has 0 aliphatic heterocycles. The maximum Gasteiger partial charge on any atom is 0.207 e. The Morgan fingerprint density at radius 3 is 2.44 bits per heavy atom. The number of aryl methyl sites for hydroxylation is 1. The summed E-state index contributed by atoms with van der Waals surface area (Å²) in [5, 5.41) is 0.210. The Kier molecular flexibility index (Phi) is 8.30. The first kappa shape index (κ1) is 25.7. The smallest absolute Gasteiger partial charge is 0.207 e. The van der Waals surface area contributed by atoms with Crippen molar-refractivity contribution in [1.29, 1.82) is 0 Å². The number of hydrogen-bond acceptors (Lipinski definition) is 4. The number of benzene rings is 2. The first-order valence-electron chi connectivity index (χ1n) is 11.0. The summed E-state index contributed by atoms with van der Waals surface area (Å²) in [7, 11) is 2.33. The van der Waals surface area contributed by atoms with Crippen molar-refractivity contribution in [2.45, 2.75) is 33.6 Å². The van der Waals surface area contributed by atoms with Crippen molar-refractivity contribution in [2.75, 3.05) is 13.2 Å². The summed E-state index contributed by atoms with van der Waals surface area (Å²) < 4.78 is 47.2. The number of halogens is 2. The topological polar surface area (TPSA) is 44.8 Å². The fourth-order valence-corrected chi connectivity index (χ4v) is 3.57. The number of hydrogen-bond donors (Lipinski definition) is 0. The number of Topliss-reactive ketones (excluding diaryl/α,β-unsaturated/α-hetero) is 1. The van der Waals surface area contributed by atoms with Gasteiger partial charge >= 0.3 is 0 Å². The Bertz CT molecular complexity index is 1160. The molecule has 180 valence electrons. The maximum atomic E-state index is 15.3. The van der Waals surface area contributed by atoms with Crippen LogP contribution in [0.3, 0.4) is 0 Å². The van der Waals surface area contributed by atoms with Crippen LogP contribution in [0.15, 0.2) is 48.7 Å². The van der Waals surface area contributed by atoms with Gasteiger partial charge in [0.25, 0.3) is 0 Å². The lowest BCUT2D eigenvalue weighted by Gasteiger charge is -2.18. The van der Waals surface area contributed by atoms with E-state index in [1.54, 1.807) is 26.0 Å². The Balaban J connectivity index is 1.81. The first-order chi connectivity index (χ1) is 16.1. The monoisotopic (exact) mass is 486 g/mol. The van der Waals surface area contributed by atoms with Crippen molar-refractivity contribution in [3.8, 4) is 17.2 Å². The second kappa shape index (κ2) is 11.0. The molecule has 1 aliphatic carbocycles. The molecule has 4 nitrogen and oxygen atoms in total. The predicted molar refractivity (Wildman–Crippen MR) is 133 cm³/mol. The molecule has 0 N–H and O–H groups in total. The van der Waals surface area contributed by atoms with Gasteiger partial charge in [-0.15, -0.1) is 9.24 Å². The zero-order valence-electron chi connectivity index (χ0n) is 19.7. The van der Waals surface area contributed by atoms with Gasteiger partial charge in [0.15, 0.2) is 34.6 Å². The number of carbonyl (C=O) groups is 1. The van der Waals surface area contributed by atoms with Crippen LogP contribution in [0.25, 0.3) is 5.76 Å². The van der Waals surface area contributed by atoms with E-state index >= 15 is 4.39 Å². The Morgan fingerprint density at radius 2 is 1.82 bits per heavy atom. The zero-order chi connectivity index (χ0) is 25.0. The Labute approximate surface area is 201 Å². The van der Waals surface area contributed by atoms with Gasteiger partial charge in [0.05, 0.1) is 13.2 Å². The molecular formula is C27H29F2O4P. The van der Waals surface area contributed by atoms with Gasteiger partial charge in [-0.1, -0.05) is 31.9 Å². The molecular weight excluding hydrogens is 457 g/mol. The molecule has 3 rings (SSSR count). The largest absolute Gasteiger partial charge is 0.490 e. The van der Waals surface area contributed by atoms with Crippen molar-refractivity contribution < 1.29 is 27.8 Å². The van der Waals surface area contributed by atoms with Gasteiger partial charge in [0.2, 0.25) is 5.82 Å². The maximum absolute atomic E-state index is 15.3. The lowest BCUT2D eigenvalue weighted by atomic mass is 10.0. The van der Waals surface area contributed by atoms with Crippen LogP contribution >= 0.6 is 9.24 Å². The van der Waals surface area contributed by atoms with Crippen LogP contribution in [0.2, 0.25) is 0 Å². The third-order valence-electron chi connectivity index (χ3n) is 5.72. The predicted octanol–water partition coefficient (Wildman–Crippen LogP) is 5.93. The second-order valence-corrected chi connectivity index (χ2v) is 9.10. The highest BCUT2D eigenvalue weighted by Crippen LogP contribution is 2.35. The van der Waals surface area contributed by atoms with Gasteiger partial charge in [-0.05, 0) is 61.9 Å². The van der Waals surface area contributed by atoms with E-state index in [1.165, 1.54) is 19.1 Å². The van der Waals surface area contributed by atoms with Gasteiger partial charge in [0.1, 0.15) is 0 Å². The van der Waals surface area contributed by atoms with E-state index in [0.29, 0.717) is 29.2 Å². The van der Waals surface area contributed by atoms with Gasteiger partial charge in [-0.25, -0.2) is 4.39 Å². The highest BCUT2D eigenvalue weighted by Gasteiger charge is 2.24. The summed E-state index contributed by atoms with van der Waals surface area (Å²) in [6.45, 7) is 12.8. The Morgan fingerprint density at radius 1 is 1.18 bits per heavy atom. The van der Waals surface area contributed by atoms with E-state index < -0.39 is 11.6 Å². The van der Waals surface area contributed by atoms with E-state index in [0.717, 1.165) is 12.8 Å². The SMILES string of the molecule is C=C=C(Oc1c(C)ccc(OC[C@H](C)C(=C)C(C)=O)c1F)c1ccc(OCC2CC2)c(F)c1P. The summed E-state index contributed by atoms with van der Waals surface area (Å²) >= 11 is 0. The summed E-state index contributed by atoms with van der Waals surface area (Å²) in [4.78, 5) is 11.5. The molecule has 1 aliphatic rings. The minimum absolute atomic E-state index is 0.0340. The number of ketones is 1. The van der Waals surface area contributed by atoms with Crippen LogP contribution in [-0.2, 0) is 4.79 Å². The van der Waals surface area contributed by atoms with Gasteiger partial charge in [-0.3, -0.25) is 4.79 Å². The molecule has 0 radical (unpaired) electrons. The fraction of sp³-hybridized carbons (Fsp3) is 0.333. The third kappa shape index (κ3) is 5.94. The third-order valence-corrected chi connectivity index (χ3v) is 6.28. The molecule has 2 aromatic rings. The Hall–Kier alpha value is -2.94. The molecule has 0 amide bonds. The lowest BCUT2D eigenvalue weighted by molar-refractivity contribution is -0.114. The van der Waals surface area contributed by atoms with E-state index in [2.05, 4.69) is 28.1 Å². The molecule has 0 spiro atoms. The molecule has 7 heteroatoms. The fourth-order valence-electron chi connectivity index (χ4n) is 3.20. The molecule has 1 unspecified atom stereocenters. The lowest BCUT2D eigenvalue weighted by Crippen LogP contribution is -2.15. The molecule has 0 bridgehead atoms. The van der Waals surface area contributed by atoms with Gasteiger partial charge < -0.3 is 14.2 Å². The molecule has 1 fully saturated rings. The van der Waals surface area contributed by atoms with Gasteiger partial charge in [-0.2, -0.15) is 4.39 Å². The summed E-state index contributed by atoms with van der Waals surface area (Å²) in [6.07, 6.45) is 2.20. The van der Waals surface area contributed by atoms with Gasteiger partial charge in [0, 0.05) is 16.8 Å². The molecule has 2 atom stereocenters. The summed E-state index contributed by atoms with van der Waals surface area (Å²) in [6, 6.07) is 6.29. The number of ether oxygens (including phenoxy) is 3. The van der Waals surface area contributed by atoms with Crippen LogP contribution in [0, 0.1) is 30.4 Å². The molecule has 0 aromatic heterocycles. The minimum Gasteiger partial charge on any atom is -0.490 e. The van der Waals surface area contributed by atoms with Crippen molar-refractivity contribution in [3.05, 3.63) is 71.5 Å². The van der Waals surface area contributed by atoms with Crippen LogP contribution in [-0.4, -0.2) is 19.0 Å². The molecule has 2 aromatic carbocycles. The molecule has 0 saturated heterocycles. The van der Waals surface area contributed by atoms with Crippen LogP contribution < -0.4 is 19.5 Å². The first-order valence-corrected chi connectivity index (χ1v) is 11.6. The van der Waals surface area contributed by atoms with Crippen molar-refractivity contribution in [1.82, 2.24) is 0 Å². The van der Waals surface area contributed by atoms with E-state index in [4.69, 9.17) is 14.2 Å². The van der Waals surface area contributed by atoms with Crippen molar-refractivity contribution in [3.63, 3.8) is 0 Å². The second-order valence-electron chi connectivity index (χ2n) is 8.52. The van der Waals surface area contributed by atoms with E-state index in [1.807, 2.05) is 0 Å². The van der Waals surface area contributed by atoms with Crippen molar-refractivity contribution in [2.24, 2.45) is 11.8 Å². The number of carbonyl (C=O) groups excluding carboxylic acids is 1. The molecule has 1 saturated carbocycles. The highest BCUT2D eigenvalue weighted by molar-refractivity contribution is 7.27.